The molecule has 2 saturated heterocycles. The second kappa shape index (κ2) is 26.3. The van der Waals surface area contributed by atoms with Crippen LogP contribution in [0.3, 0.4) is 0 Å². The first kappa shape index (κ1) is 65.1. The summed E-state index contributed by atoms with van der Waals surface area (Å²) in [7, 11) is 3.06. The molecular weight excluding hydrogens is 1120 g/mol. The van der Waals surface area contributed by atoms with Crippen molar-refractivity contribution in [2.45, 2.75) is 78.1 Å². The second-order valence-electron chi connectivity index (χ2n) is 18.7. The zero-order valence-corrected chi connectivity index (χ0v) is 46.1. The first-order chi connectivity index (χ1) is 35.2. The molecule has 0 aliphatic carbocycles. The van der Waals surface area contributed by atoms with Gasteiger partial charge in [0.15, 0.2) is 0 Å². The number of ketones is 1. The predicted molar refractivity (Wildman–Crippen MR) is 276 cm³/mol. The van der Waals surface area contributed by atoms with Crippen LogP contribution in [0.1, 0.15) is 116 Å². The largest absolute Gasteiger partial charge is 1.00 e. The Morgan fingerprint density at radius 2 is 1.13 bits per heavy atom. The van der Waals surface area contributed by atoms with Gasteiger partial charge in [0.25, 0.3) is 11.8 Å². The molecule has 2 aromatic carbocycles. The number of aromatic nitrogens is 4. The third-order valence-electron chi connectivity index (χ3n) is 13.7. The molecule has 6 heterocycles. The zero-order chi connectivity index (χ0) is 55.0. The minimum atomic E-state index is -4.66. The molecule has 2 amide bonds. The number of halogens is 10. The van der Waals surface area contributed by atoms with Crippen molar-refractivity contribution in [3.05, 3.63) is 125 Å². The van der Waals surface area contributed by atoms with Gasteiger partial charge in [-0.05, 0) is 124 Å². The van der Waals surface area contributed by atoms with Crippen LogP contribution in [-0.4, -0.2) is 107 Å². The van der Waals surface area contributed by atoms with Gasteiger partial charge in [0.2, 0.25) is 5.78 Å². The molecule has 0 atom stereocenters. The number of carbonyl (C=O) groups is 5. The van der Waals surface area contributed by atoms with Crippen LogP contribution in [0.2, 0.25) is 20.1 Å². The number of nitrogens with zero attached hydrogens (tertiary/aromatic N) is 6. The molecule has 4 aromatic heterocycles. The maximum atomic E-state index is 13.5. The van der Waals surface area contributed by atoms with Crippen LogP contribution in [0.4, 0.5) is 26.3 Å². The van der Waals surface area contributed by atoms with Gasteiger partial charge in [0, 0.05) is 81.0 Å². The van der Waals surface area contributed by atoms with E-state index in [-0.39, 0.29) is 110 Å². The van der Waals surface area contributed by atoms with Crippen LogP contribution in [0.5, 0.6) is 0 Å². The Morgan fingerprint density at radius 1 is 0.679 bits per heavy atom. The molecule has 4 N–H and O–H groups in total. The first-order valence-corrected chi connectivity index (χ1v) is 25.2. The Hall–Kier alpha value is -5.37. The molecule has 0 saturated carbocycles. The number of benzene rings is 2. The van der Waals surface area contributed by atoms with Crippen molar-refractivity contribution in [2.24, 2.45) is 25.9 Å². The number of fused-ring (bicyclic) bond motifs is 2. The fraction of sp³-hybridized carbons (Fsp3) is 0.404. The number of pyridine rings is 2. The maximum Gasteiger partial charge on any atom is 1.00 e. The Morgan fingerprint density at radius 3 is 1.60 bits per heavy atom. The molecule has 0 radical (unpaired) electrons. The van der Waals surface area contributed by atoms with Crippen LogP contribution in [0.15, 0.2) is 48.5 Å². The quantitative estimate of drug-likeness (QED) is 0.0565. The van der Waals surface area contributed by atoms with Crippen molar-refractivity contribution in [2.75, 3.05) is 32.8 Å². The van der Waals surface area contributed by atoms with Crippen LogP contribution in [0, 0.1) is 25.7 Å². The van der Waals surface area contributed by atoms with E-state index in [1.165, 1.54) is 36.7 Å². The molecule has 416 valence electrons. The maximum absolute atomic E-state index is 13.5. The number of carboxylic acids is 1. The molecule has 2 aliphatic rings. The van der Waals surface area contributed by atoms with Crippen LogP contribution in [0.25, 0.3) is 22.1 Å². The van der Waals surface area contributed by atoms with Crippen LogP contribution < -0.4 is 18.9 Å². The topological polar surface area (TPSA) is 218 Å². The summed E-state index contributed by atoms with van der Waals surface area (Å²) in [4.78, 5) is 73.6. The minimum Gasteiger partial charge on any atom is -0.870 e. The fourth-order valence-corrected chi connectivity index (χ4v) is 10.7. The van der Waals surface area contributed by atoms with Gasteiger partial charge in [-0.2, -0.15) is 26.3 Å². The van der Waals surface area contributed by atoms with E-state index in [1.807, 2.05) is 0 Å². The standard InChI is InChI=1S/C27H28Cl2F3N3O3.C25H22Cl2F3N3O4.Li.2H2O/c1-4-38-23(36)12-16-7-9-35(10-8-16)26(37)18-5-6-21(28)20(24(18)29)14-17-13-19-15(2)11-22(27(30,31)32)33-25(19)34(17)3;1-12-9-18(25(28,29)30)31-23-15(12)11-17(32(23)2)22(36)20-16(26)4-3-14(21(20)27)24(37)33-7-5-13(6-8-33)10-19(34)35;;;/h5-6,11,13,16H,4,7-10,12,14H2,1-3H3;3-4,9,11,13H,5-8,10H2,1-2H3,(H,34,35);;2*1H2/q;;+1;;/p-1. The molecule has 0 bridgehead atoms. The van der Waals surface area contributed by atoms with E-state index < -0.39 is 41.4 Å². The molecule has 78 heavy (non-hydrogen) atoms. The molecule has 15 nitrogen and oxygen atoms in total. The second-order valence-corrected chi connectivity index (χ2v) is 20.2. The molecular formula is C52H53Cl4F6LiN6O9. The number of aryl methyl sites for hydroxylation is 4. The number of alkyl halides is 6. The fourth-order valence-electron chi connectivity index (χ4n) is 9.51. The molecule has 8 rings (SSSR count). The number of piperidine rings is 2. The van der Waals surface area contributed by atoms with Gasteiger partial charge in [-0.25, -0.2) is 9.97 Å². The third kappa shape index (κ3) is 14.1. The summed E-state index contributed by atoms with van der Waals surface area (Å²) in [6, 6.07) is 11.1. The van der Waals surface area contributed by atoms with E-state index in [4.69, 9.17) is 56.2 Å². The Balaban J connectivity index is 0.000000324. The van der Waals surface area contributed by atoms with Crippen molar-refractivity contribution >= 4 is 98.0 Å². The predicted octanol–water partition coefficient (Wildman–Crippen LogP) is 8.37. The van der Waals surface area contributed by atoms with E-state index in [2.05, 4.69) is 9.97 Å². The third-order valence-corrected chi connectivity index (χ3v) is 15.2. The summed E-state index contributed by atoms with van der Waals surface area (Å²) in [6.45, 7) is 6.88. The number of ether oxygens (including phenoxy) is 1. The number of likely N-dealkylation sites (tertiary alicyclic amines) is 2. The smallest absolute Gasteiger partial charge is 0.870 e. The molecule has 2 aliphatic heterocycles. The average Bonchev–Trinajstić information content (AvgIpc) is 3.85. The minimum absolute atomic E-state index is 0. The number of hydrogen-bond donors (Lipinski definition) is 1. The number of aliphatic carboxylic acids is 1. The van der Waals surface area contributed by atoms with Gasteiger partial charge in [-0.3, -0.25) is 24.0 Å². The molecule has 6 aromatic rings. The summed E-state index contributed by atoms with van der Waals surface area (Å²) < 4.78 is 87.6. The number of carbonyl (C=O) groups excluding carboxylic acids is 4. The van der Waals surface area contributed by atoms with E-state index in [0.717, 1.165) is 12.1 Å². The van der Waals surface area contributed by atoms with Crippen LogP contribution >= 0.6 is 46.4 Å². The van der Waals surface area contributed by atoms with Gasteiger partial charge in [0.05, 0.1) is 44.1 Å². The van der Waals surface area contributed by atoms with Gasteiger partial charge >= 0.3 is 43.2 Å². The van der Waals surface area contributed by atoms with E-state index in [9.17, 15) is 50.3 Å². The normalized spacial score (nSPS) is 14.2. The monoisotopic (exact) mass is 1170 g/mol. The van der Waals surface area contributed by atoms with Gasteiger partial charge in [-0.15, -0.1) is 0 Å². The van der Waals surface area contributed by atoms with Crippen LogP contribution in [-0.2, 0) is 47.2 Å². The van der Waals surface area contributed by atoms with Crippen molar-refractivity contribution in [3.63, 3.8) is 0 Å². The summed E-state index contributed by atoms with van der Waals surface area (Å²) in [5, 5.41) is 10.3. The summed E-state index contributed by atoms with van der Waals surface area (Å²) in [5.74, 6) is -2.30. The SMILES string of the molecule is CCOC(=O)CC1CCN(C(=O)c2ccc(Cl)c(Cc3cc4c(C)cc(C(F)(F)F)nc4n3C)c2Cl)CC1.Cc1cc(C(F)(F)F)nc2c1cc(C(=O)c1c(Cl)ccc(C(=O)N3CCC(CC(=O)O)CC3)c1Cl)n2C.O.[Li+].[OH-]. The van der Waals surface area contributed by atoms with Crippen molar-refractivity contribution in [1.29, 1.82) is 0 Å². The van der Waals surface area contributed by atoms with E-state index >= 15 is 0 Å². The van der Waals surface area contributed by atoms with Crippen molar-refractivity contribution < 1.29 is 90.0 Å². The summed E-state index contributed by atoms with van der Waals surface area (Å²) in [6.07, 6.45) is -6.22. The molecule has 2 fully saturated rings. The zero-order valence-electron chi connectivity index (χ0n) is 43.1. The number of carboxylic acid groups (broad SMARTS) is 1. The summed E-state index contributed by atoms with van der Waals surface area (Å²) in [5.41, 5.74) is 0.286. The molecule has 0 spiro atoms. The van der Waals surface area contributed by atoms with E-state index in [0.29, 0.717) is 109 Å². The number of rotatable bonds is 11. The molecule has 26 heteroatoms. The summed E-state index contributed by atoms with van der Waals surface area (Å²) >= 11 is 26.0. The van der Waals surface area contributed by atoms with Crippen molar-refractivity contribution in [3.8, 4) is 0 Å². The number of amides is 2. The molecule has 0 unspecified atom stereocenters. The van der Waals surface area contributed by atoms with Gasteiger partial charge in [-0.1, -0.05) is 46.4 Å². The van der Waals surface area contributed by atoms with Gasteiger partial charge < -0.3 is 39.7 Å². The Kier molecular flexibility index (Phi) is 21.9. The Bertz CT molecular complexity index is 3250. The van der Waals surface area contributed by atoms with E-state index in [1.54, 1.807) is 53.5 Å². The first-order valence-electron chi connectivity index (χ1n) is 23.7. The number of hydrogen-bond acceptors (Lipinski definition) is 9. The Labute approximate surface area is 475 Å². The number of esters is 1. The average molecular weight is 1170 g/mol. The van der Waals surface area contributed by atoms with Crippen molar-refractivity contribution in [1.82, 2.24) is 28.9 Å². The van der Waals surface area contributed by atoms with Gasteiger partial charge in [0.1, 0.15) is 22.7 Å².